The molecular weight excluding hydrogens is 392 g/mol. The Balaban J connectivity index is 1.44. The van der Waals surface area contributed by atoms with E-state index in [2.05, 4.69) is 34.9 Å². The Labute approximate surface area is 178 Å². The fraction of sp³-hybridized carbons (Fsp3) is 0.200. The van der Waals surface area contributed by atoms with Gasteiger partial charge in [-0.25, -0.2) is 4.79 Å². The van der Waals surface area contributed by atoms with E-state index in [-0.39, 0.29) is 18.0 Å². The minimum atomic E-state index is -1.11. The molecule has 1 aromatic heterocycles. The number of furan rings is 1. The van der Waals surface area contributed by atoms with Crippen LogP contribution >= 0.6 is 0 Å². The molecule has 5 rings (SSSR count). The first-order chi connectivity index (χ1) is 14.9. The van der Waals surface area contributed by atoms with Gasteiger partial charge >= 0.3 is 6.09 Å². The van der Waals surface area contributed by atoms with Crippen molar-refractivity contribution in [2.24, 2.45) is 0 Å². The first-order valence-electron chi connectivity index (χ1n) is 10.3. The fourth-order valence-electron chi connectivity index (χ4n) is 4.26. The molecule has 0 radical (unpaired) electrons. The predicted octanol–water partition coefficient (Wildman–Crippen LogP) is 5.08. The lowest BCUT2D eigenvalue weighted by atomic mass is 9.96. The summed E-state index contributed by atoms with van der Waals surface area (Å²) in [6.45, 7) is 1.97. The molecule has 2 amide bonds. The molecular formula is C25H22N2O4. The van der Waals surface area contributed by atoms with E-state index < -0.39 is 6.09 Å². The minimum absolute atomic E-state index is 0.0782. The number of amides is 2. The summed E-state index contributed by atoms with van der Waals surface area (Å²) in [6, 6.07) is 19.9. The molecule has 1 heterocycles. The maximum atomic E-state index is 13.3. The maximum absolute atomic E-state index is 13.3. The van der Waals surface area contributed by atoms with Crippen molar-refractivity contribution in [1.82, 2.24) is 10.6 Å². The van der Waals surface area contributed by atoms with Crippen LogP contribution < -0.4 is 10.6 Å². The summed E-state index contributed by atoms with van der Waals surface area (Å²) in [5.74, 6) is 0.371. The molecule has 4 aromatic rings. The van der Waals surface area contributed by atoms with E-state index in [1.54, 1.807) is 12.1 Å². The smallest absolute Gasteiger partial charge is 0.405 e. The van der Waals surface area contributed by atoms with Gasteiger partial charge in [0.1, 0.15) is 11.3 Å². The Morgan fingerprint density at radius 2 is 1.81 bits per heavy atom. The second-order valence-electron chi connectivity index (χ2n) is 8.14. The van der Waals surface area contributed by atoms with Crippen molar-refractivity contribution < 1.29 is 19.1 Å². The molecule has 0 spiro atoms. The highest BCUT2D eigenvalue weighted by Crippen LogP contribution is 2.48. The first kappa shape index (κ1) is 19.2. The number of fused-ring (bicyclic) bond motifs is 2. The molecule has 1 aliphatic carbocycles. The molecule has 0 saturated heterocycles. The molecule has 3 aromatic carbocycles. The Hall–Kier alpha value is -3.80. The van der Waals surface area contributed by atoms with Crippen molar-refractivity contribution in [3.8, 4) is 0 Å². The molecule has 1 aliphatic rings. The monoisotopic (exact) mass is 414 g/mol. The zero-order valence-corrected chi connectivity index (χ0v) is 17.1. The molecule has 3 N–H and O–H groups in total. The predicted molar refractivity (Wildman–Crippen MR) is 118 cm³/mol. The number of benzene rings is 3. The SMILES string of the molecule is Cc1cc2cc(CNC(=O)O)oc2cc1C(=O)NC1(c2cccc3ccccc23)CC1. The number of nitrogens with one attached hydrogen (secondary N) is 2. The highest BCUT2D eigenvalue weighted by Gasteiger charge is 2.46. The van der Waals surface area contributed by atoms with Gasteiger partial charge in [0.25, 0.3) is 5.91 Å². The van der Waals surface area contributed by atoms with Gasteiger partial charge in [-0.1, -0.05) is 42.5 Å². The van der Waals surface area contributed by atoms with Gasteiger partial charge in [-0.3, -0.25) is 4.79 Å². The third kappa shape index (κ3) is 3.50. The lowest BCUT2D eigenvalue weighted by molar-refractivity contribution is 0.0930. The van der Waals surface area contributed by atoms with E-state index in [1.807, 2.05) is 31.2 Å². The van der Waals surface area contributed by atoms with Crippen molar-refractivity contribution in [3.63, 3.8) is 0 Å². The summed E-state index contributed by atoms with van der Waals surface area (Å²) in [6.07, 6.45) is 0.694. The van der Waals surface area contributed by atoms with Crippen LogP contribution in [-0.2, 0) is 12.1 Å². The van der Waals surface area contributed by atoms with Crippen LogP contribution in [0.1, 0.15) is 40.1 Å². The summed E-state index contributed by atoms with van der Waals surface area (Å²) in [5.41, 5.74) is 2.77. The normalized spacial score (nSPS) is 14.5. The molecule has 6 heteroatoms. The van der Waals surface area contributed by atoms with Crippen molar-refractivity contribution >= 4 is 33.7 Å². The van der Waals surface area contributed by atoms with E-state index >= 15 is 0 Å². The molecule has 1 fully saturated rings. The van der Waals surface area contributed by atoms with E-state index in [0.717, 1.165) is 40.1 Å². The summed E-state index contributed by atoms with van der Waals surface area (Å²) >= 11 is 0. The number of hydrogen-bond acceptors (Lipinski definition) is 3. The van der Waals surface area contributed by atoms with Crippen LogP contribution in [0.2, 0.25) is 0 Å². The number of carboxylic acid groups (broad SMARTS) is 1. The zero-order valence-electron chi connectivity index (χ0n) is 17.1. The van der Waals surface area contributed by atoms with E-state index in [9.17, 15) is 9.59 Å². The van der Waals surface area contributed by atoms with E-state index in [0.29, 0.717) is 16.9 Å². The van der Waals surface area contributed by atoms with Crippen molar-refractivity contribution in [3.05, 3.63) is 83.1 Å². The Morgan fingerprint density at radius 3 is 2.58 bits per heavy atom. The maximum Gasteiger partial charge on any atom is 0.405 e. The average molecular weight is 414 g/mol. The first-order valence-corrected chi connectivity index (χ1v) is 10.3. The van der Waals surface area contributed by atoms with E-state index in [4.69, 9.17) is 9.52 Å². The molecule has 0 bridgehead atoms. The molecule has 6 nitrogen and oxygen atoms in total. The molecule has 0 unspecified atom stereocenters. The van der Waals surface area contributed by atoms with Crippen LogP contribution in [0.25, 0.3) is 21.7 Å². The molecule has 1 saturated carbocycles. The number of carbonyl (C=O) groups excluding carboxylic acids is 1. The van der Waals surface area contributed by atoms with Crippen LogP contribution in [0, 0.1) is 6.92 Å². The van der Waals surface area contributed by atoms with Gasteiger partial charge in [-0.15, -0.1) is 0 Å². The van der Waals surface area contributed by atoms with Gasteiger partial charge in [-0.2, -0.15) is 0 Å². The Kier molecular flexibility index (Phi) is 4.43. The minimum Gasteiger partial charge on any atom is -0.465 e. The average Bonchev–Trinajstić information content (AvgIpc) is 3.42. The molecule has 31 heavy (non-hydrogen) atoms. The number of rotatable bonds is 5. The van der Waals surface area contributed by atoms with Crippen LogP contribution in [0.15, 0.2) is 65.1 Å². The van der Waals surface area contributed by atoms with Crippen molar-refractivity contribution in [1.29, 1.82) is 0 Å². The highest BCUT2D eigenvalue weighted by molar-refractivity contribution is 6.00. The van der Waals surface area contributed by atoms with Gasteiger partial charge in [0.05, 0.1) is 12.1 Å². The quantitative estimate of drug-likeness (QED) is 0.425. The number of hydrogen-bond donors (Lipinski definition) is 3. The molecule has 156 valence electrons. The second kappa shape index (κ2) is 7.16. The number of carbonyl (C=O) groups is 2. The molecule has 0 atom stereocenters. The third-order valence-corrected chi connectivity index (χ3v) is 5.98. The summed E-state index contributed by atoms with van der Waals surface area (Å²) in [7, 11) is 0. The van der Waals surface area contributed by atoms with Crippen molar-refractivity contribution in [2.75, 3.05) is 0 Å². The van der Waals surface area contributed by atoms with Crippen LogP contribution in [-0.4, -0.2) is 17.1 Å². The lowest BCUT2D eigenvalue weighted by Crippen LogP contribution is -2.35. The van der Waals surface area contributed by atoms with Crippen LogP contribution in [0.3, 0.4) is 0 Å². The topological polar surface area (TPSA) is 91.6 Å². The fourth-order valence-corrected chi connectivity index (χ4v) is 4.26. The number of aryl methyl sites for hydroxylation is 1. The standard InChI is InChI=1S/C25H22N2O4/c1-15-11-17-12-18(14-26-24(29)30)31-22(17)13-20(15)23(28)27-25(9-10-25)21-8-4-6-16-5-2-3-7-19(16)21/h2-8,11-13,26H,9-10,14H2,1H3,(H,27,28)(H,29,30). The Morgan fingerprint density at radius 1 is 1.03 bits per heavy atom. The van der Waals surface area contributed by atoms with Crippen LogP contribution in [0.5, 0.6) is 0 Å². The van der Waals surface area contributed by atoms with Gasteiger partial charge in [0, 0.05) is 10.9 Å². The Bertz CT molecular complexity index is 1330. The zero-order chi connectivity index (χ0) is 21.6. The molecule has 0 aliphatic heterocycles. The van der Waals surface area contributed by atoms with Gasteiger partial charge < -0.3 is 20.2 Å². The van der Waals surface area contributed by atoms with Crippen LogP contribution in [0.4, 0.5) is 4.79 Å². The van der Waals surface area contributed by atoms with E-state index in [1.165, 1.54) is 0 Å². The van der Waals surface area contributed by atoms with Gasteiger partial charge in [0.2, 0.25) is 0 Å². The highest BCUT2D eigenvalue weighted by atomic mass is 16.4. The summed E-state index contributed by atoms with van der Waals surface area (Å²) in [5, 5.41) is 17.5. The van der Waals surface area contributed by atoms with Gasteiger partial charge in [-0.05, 0) is 59.9 Å². The summed E-state index contributed by atoms with van der Waals surface area (Å²) in [4.78, 5) is 24.0. The lowest BCUT2D eigenvalue weighted by Gasteiger charge is -2.20. The second-order valence-corrected chi connectivity index (χ2v) is 8.14. The third-order valence-electron chi connectivity index (χ3n) is 5.98. The van der Waals surface area contributed by atoms with Crippen molar-refractivity contribution in [2.45, 2.75) is 31.8 Å². The van der Waals surface area contributed by atoms with Gasteiger partial charge in [0.15, 0.2) is 0 Å². The largest absolute Gasteiger partial charge is 0.465 e. The summed E-state index contributed by atoms with van der Waals surface area (Å²) < 4.78 is 5.75.